The lowest BCUT2D eigenvalue weighted by Gasteiger charge is -2.10. The highest BCUT2D eigenvalue weighted by atomic mass is 16.5. The Hall–Kier alpha value is -0.120. The van der Waals surface area contributed by atoms with Crippen molar-refractivity contribution in [2.45, 2.75) is 110 Å². The van der Waals surface area contributed by atoms with Crippen LogP contribution in [0.25, 0.3) is 0 Å². The largest absolute Gasteiger partial charge is 0.379 e. The molecule has 1 aliphatic rings. The van der Waals surface area contributed by atoms with Gasteiger partial charge in [-0.15, -0.1) is 0 Å². The summed E-state index contributed by atoms with van der Waals surface area (Å²) in [5, 5.41) is 3.16. The third-order valence-corrected chi connectivity index (χ3v) is 4.90. The molecule has 1 aliphatic heterocycles. The van der Waals surface area contributed by atoms with Crippen LogP contribution in [0.1, 0.15) is 110 Å². The van der Waals surface area contributed by atoms with E-state index < -0.39 is 0 Å². The molecule has 0 aliphatic carbocycles. The van der Waals surface area contributed by atoms with Gasteiger partial charge in [0.1, 0.15) is 0 Å². The fraction of sp³-hybridized carbons (Fsp3) is 1.00. The predicted molar refractivity (Wildman–Crippen MR) is 112 cm³/mol. The van der Waals surface area contributed by atoms with Crippen LogP contribution in [0.15, 0.2) is 0 Å². The van der Waals surface area contributed by atoms with Crippen LogP contribution in [0.3, 0.4) is 0 Å². The molecule has 0 bridgehead atoms. The van der Waals surface area contributed by atoms with E-state index in [4.69, 9.17) is 10.5 Å². The van der Waals surface area contributed by atoms with E-state index in [9.17, 15) is 0 Å². The Kier molecular flexibility index (Phi) is 23.8. The average molecular weight is 357 g/mol. The maximum absolute atomic E-state index is 5.48. The zero-order valence-electron chi connectivity index (χ0n) is 17.3. The van der Waals surface area contributed by atoms with Crippen molar-refractivity contribution in [3.05, 3.63) is 0 Å². The summed E-state index contributed by atoms with van der Waals surface area (Å²) in [5.41, 5.74) is 5.48. The second-order valence-corrected chi connectivity index (χ2v) is 7.45. The summed E-state index contributed by atoms with van der Waals surface area (Å²) in [6.07, 6.45) is 22.9. The van der Waals surface area contributed by atoms with Crippen LogP contribution in [0.4, 0.5) is 0 Å². The standard InChI is InChI=1S/C18H39N.C4H9NO/c1-2-3-4-5-6-7-8-9-10-11-12-13-14-15-16-17-18-19;1-3-6-4-2-5-1/h2-19H2,1H3;5H,1-4H2. The summed E-state index contributed by atoms with van der Waals surface area (Å²) in [6.45, 7) is 7.00. The molecule has 0 radical (unpaired) electrons. The van der Waals surface area contributed by atoms with Gasteiger partial charge in [-0.3, -0.25) is 0 Å². The number of rotatable bonds is 16. The monoisotopic (exact) mass is 356 g/mol. The number of nitrogens with two attached hydrogens (primary N) is 1. The molecule has 0 atom stereocenters. The number of morpholine rings is 1. The summed E-state index contributed by atoms with van der Waals surface area (Å²) >= 11 is 0. The Balaban J connectivity index is 0.000000796. The van der Waals surface area contributed by atoms with Gasteiger partial charge >= 0.3 is 0 Å². The van der Waals surface area contributed by atoms with Gasteiger partial charge in [-0.25, -0.2) is 0 Å². The van der Waals surface area contributed by atoms with Gasteiger partial charge in [0.15, 0.2) is 0 Å². The molecule has 25 heavy (non-hydrogen) atoms. The van der Waals surface area contributed by atoms with Crippen LogP contribution in [0.5, 0.6) is 0 Å². The highest BCUT2D eigenvalue weighted by Crippen LogP contribution is 2.13. The summed E-state index contributed by atoms with van der Waals surface area (Å²) in [7, 11) is 0. The van der Waals surface area contributed by atoms with Crippen molar-refractivity contribution in [2.24, 2.45) is 5.73 Å². The Bertz CT molecular complexity index is 193. The highest BCUT2D eigenvalue weighted by Gasteiger charge is 1.94. The highest BCUT2D eigenvalue weighted by molar-refractivity contribution is 4.50. The van der Waals surface area contributed by atoms with Crippen molar-refractivity contribution in [3.8, 4) is 0 Å². The van der Waals surface area contributed by atoms with Crippen molar-refractivity contribution in [1.29, 1.82) is 0 Å². The zero-order chi connectivity index (χ0) is 18.3. The molecule has 152 valence electrons. The van der Waals surface area contributed by atoms with Gasteiger partial charge < -0.3 is 15.8 Å². The summed E-state index contributed by atoms with van der Waals surface area (Å²) < 4.78 is 5.01. The first-order valence-corrected chi connectivity index (χ1v) is 11.4. The minimum absolute atomic E-state index is 0.873. The summed E-state index contributed by atoms with van der Waals surface area (Å²) in [5.74, 6) is 0. The van der Waals surface area contributed by atoms with Gasteiger partial charge in [-0.2, -0.15) is 0 Å². The molecular weight excluding hydrogens is 308 g/mol. The molecule has 0 amide bonds. The third kappa shape index (κ3) is 23.9. The Morgan fingerprint density at radius 2 is 0.960 bits per heavy atom. The van der Waals surface area contributed by atoms with Crippen LogP contribution >= 0.6 is 0 Å². The van der Waals surface area contributed by atoms with Crippen LogP contribution in [-0.2, 0) is 4.74 Å². The Labute approximate surface area is 158 Å². The Morgan fingerprint density at radius 3 is 1.20 bits per heavy atom. The molecule has 3 nitrogen and oxygen atoms in total. The number of hydrogen-bond donors (Lipinski definition) is 2. The van der Waals surface area contributed by atoms with Crippen LogP contribution in [0, 0.1) is 0 Å². The van der Waals surface area contributed by atoms with E-state index in [0.29, 0.717) is 0 Å². The summed E-state index contributed by atoms with van der Waals surface area (Å²) in [4.78, 5) is 0. The molecular formula is C22H48N2O. The SMILES string of the molecule is C1COCCN1.CCCCCCCCCCCCCCCCCCN. The van der Waals surface area contributed by atoms with E-state index in [0.717, 1.165) is 32.8 Å². The Morgan fingerprint density at radius 1 is 0.600 bits per heavy atom. The lowest BCUT2D eigenvalue weighted by atomic mass is 10.0. The van der Waals surface area contributed by atoms with E-state index in [1.54, 1.807) is 0 Å². The van der Waals surface area contributed by atoms with Crippen LogP contribution in [-0.4, -0.2) is 32.8 Å². The first-order chi connectivity index (χ1) is 12.4. The van der Waals surface area contributed by atoms with Gasteiger partial charge in [0, 0.05) is 13.1 Å². The zero-order valence-corrected chi connectivity index (χ0v) is 17.3. The fourth-order valence-corrected chi connectivity index (χ4v) is 3.21. The van der Waals surface area contributed by atoms with Gasteiger partial charge in [-0.1, -0.05) is 103 Å². The molecule has 0 unspecified atom stereocenters. The molecule has 0 aromatic rings. The molecule has 1 saturated heterocycles. The molecule has 0 spiro atoms. The predicted octanol–water partition coefficient (Wildman–Crippen LogP) is 5.81. The fourth-order valence-electron chi connectivity index (χ4n) is 3.21. The second kappa shape index (κ2) is 23.9. The van der Waals surface area contributed by atoms with E-state index >= 15 is 0 Å². The van der Waals surface area contributed by atoms with E-state index in [2.05, 4.69) is 12.2 Å². The van der Waals surface area contributed by atoms with Crippen LogP contribution < -0.4 is 11.1 Å². The molecule has 3 heteroatoms. The van der Waals surface area contributed by atoms with Crippen molar-refractivity contribution in [2.75, 3.05) is 32.8 Å². The van der Waals surface area contributed by atoms with Crippen molar-refractivity contribution in [1.82, 2.24) is 5.32 Å². The first kappa shape index (κ1) is 24.9. The minimum Gasteiger partial charge on any atom is -0.379 e. The number of hydrogen-bond acceptors (Lipinski definition) is 3. The minimum atomic E-state index is 0.873. The van der Waals surface area contributed by atoms with Gasteiger partial charge in [-0.05, 0) is 13.0 Å². The van der Waals surface area contributed by atoms with Gasteiger partial charge in [0.25, 0.3) is 0 Å². The molecule has 0 saturated carbocycles. The molecule has 0 aromatic carbocycles. The van der Waals surface area contributed by atoms with Gasteiger partial charge in [0.2, 0.25) is 0 Å². The number of nitrogens with one attached hydrogen (secondary N) is 1. The molecule has 1 rings (SSSR count). The lowest BCUT2D eigenvalue weighted by molar-refractivity contribution is 0.109. The van der Waals surface area contributed by atoms with Crippen LogP contribution in [0.2, 0.25) is 0 Å². The second-order valence-electron chi connectivity index (χ2n) is 7.45. The normalized spacial score (nSPS) is 14.2. The van der Waals surface area contributed by atoms with Crippen molar-refractivity contribution >= 4 is 0 Å². The topological polar surface area (TPSA) is 47.3 Å². The third-order valence-electron chi connectivity index (χ3n) is 4.90. The maximum atomic E-state index is 5.48. The lowest BCUT2D eigenvalue weighted by Crippen LogP contribution is -2.30. The number of unbranched alkanes of at least 4 members (excludes halogenated alkanes) is 15. The van der Waals surface area contributed by atoms with Gasteiger partial charge in [0.05, 0.1) is 13.2 Å². The maximum Gasteiger partial charge on any atom is 0.0591 e. The van der Waals surface area contributed by atoms with Crippen molar-refractivity contribution in [3.63, 3.8) is 0 Å². The first-order valence-electron chi connectivity index (χ1n) is 11.4. The average Bonchev–Trinajstić information content (AvgIpc) is 2.67. The molecule has 3 N–H and O–H groups in total. The summed E-state index contributed by atoms with van der Waals surface area (Å²) in [6, 6.07) is 0. The molecule has 1 fully saturated rings. The quantitative estimate of drug-likeness (QED) is 0.343. The van der Waals surface area contributed by atoms with E-state index in [1.165, 1.54) is 103 Å². The van der Waals surface area contributed by atoms with E-state index in [1.807, 2.05) is 0 Å². The molecule has 1 heterocycles. The number of ether oxygens (including phenoxy) is 1. The van der Waals surface area contributed by atoms with Crippen molar-refractivity contribution < 1.29 is 4.74 Å². The molecule has 0 aromatic heterocycles. The van der Waals surface area contributed by atoms with E-state index in [-0.39, 0.29) is 0 Å². The smallest absolute Gasteiger partial charge is 0.0591 e.